The number of aromatic nitrogens is 3. The Morgan fingerprint density at radius 1 is 1.35 bits per heavy atom. The van der Waals surface area contributed by atoms with Gasteiger partial charge in [0.25, 0.3) is 0 Å². The van der Waals surface area contributed by atoms with Crippen LogP contribution in [0.25, 0.3) is 0 Å². The van der Waals surface area contributed by atoms with Crippen molar-refractivity contribution in [3.63, 3.8) is 0 Å². The van der Waals surface area contributed by atoms with Crippen molar-refractivity contribution in [1.82, 2.24) is 19.9 Å². The molecule has 90 valence electrons. The van der Waals surface area contributed by atoms with Crippen LogP contribution < -0.4 is 5.32 Å². The SMILES string of the molecule is CCNCc1nccn1Cc1cncc(C)c1. The maximum absolute atomic E-state index is 4.35. The van der Waals surface area contributed by atoms with Crippen LogP contribution in [0.4, 0.5) is 0 Å². The first-order chi connectivity index (χ1) is 8.29. The van der Waals surface area contributed by atoms with Gasteiger partial charge in [0.15, 0.2) is 0 Å². The number of imidazole rings is 1. The van der Waals surface area contributed by atoms with E-state index in [0.717, 1.165) is 25.5 Å². The Balaban J connectivity index is 2.10. The summed E-state index contributed by atoms with van der Waals surface area (Å²) in [7, 11) is 0. The highest BCUT2D eigenvalue weighted by Crippen LogP contribution is 2.06. The minimum Gasteiger partial charge on any atom is -0.329 e. The Morgan fingerprint density at radius 2 is 2.24 bits per heavy atom. The highest BCUT2D eigenvalue weighted by Gasteiger charge is 2.03. The first-order valence-electron chi connectivity index (χ1n) is 5.91. The van der Waals surface area contributed by atoms with Crippen LogP contribution in [0.2, 0.25) is 0 Å². The van der Waals surface area contributed by atoms with E-state index < -0.39 is 0 Å². The first kappa shape index (κ1) is 11.8. The molecule has 0 atom stereocenters. The molecule has 0 aliphatic rings. The van der Waals surface area contributed by atoms with E-state index in [0.29, 0.717) is 0 Å². The zero-order chi connectivity index (χ0) is 12.1. The number of hydrogen-bond acceptors (Lipinski definition) is 3. The predicted octanol–water partition coefficient (Wildman–Crippen LogP) is 1.74. The summed E-state index contributed by atoms with van der Waals surface area (Å²) in [6.45, 7) is 6.75. The van der Waals surface area contributed by atoms with Crippen LogP contribution in [0.3, 0.4) is 0 Å². The van der Waals surface area contributed by atoms with Gasteiger partial charge in [-0.3, -0.25) is 4.98 Å². The van der Waals surface area contributed by atoms with Crippen molar-refractivity contribution < 1.29 is 0 Å². The summed E-state index contributed by atoms with van der Waals surface area (Å²) in [5, 5.41) is 3.29. The lowest BCUT2D eigenvalue weighted by atomic mass is 10.2. The van der Waals surface area contributed by atoms with E-state index in [2.05, 4.69) is 39.8 Å². The fraction of sp³-hybridized carbons (Fsp3) is 0.385. The molecule has 4 heteroatoms. The van der Waals surface area contributed by atoms with Gasteiger partial charge in [-0.25, -0.2) is 4.98 Å². The van der Waals surface area contributed by atoms with Crippen molar-refractivity contribution in [2.75, 3.05) is 6.54 Å². The monoisotopic (exact) mass is 230 g/mol. The third kappa shape index (κ3) is 3.14. The van der Waals surface area contributed by atoms with Gasteiger partial charge < -0.3 is 9.88 Å². The molecule has 0 aliphatic heterocycles. The predicted molar refractivity (Wildman–Crippen MR) is 67.7 cm³/mol. The Kier molecular flexibility index (Phi) is 3.88. The lowest BCUT2D eigenvalue weighted by Crippen LogP contribution is -2.16. The largest absolute Gasteiger partial charge is 0.329 e. The van der Waals surface area contributed by atoms with Crippen LogP contribution >= 0.6 is 0 Å². The maximum atomic E-state index is 4.35. The van der Waals surface area contributed by atoms with Gasteiger partial charge in [-0.05, 0) is 24.6 Å². The summed E-state index contributed by atoms with van der Waals surface area (Å²) in [4.78, 5) is 8.56. The van der Waals surface area contributed by atoms with Crippen molar-refractivity contribution in [1.29, 1.82) is 0 Å². The molecule has 0 aromatic carbocycles. The van der Waals surface area contributed by atoms with Crippen LogP contribution in [0.1, 0.15) is 23.9 Å². The third-order valence-electron chi connectivity index (χ3n) is 2.62. The normalized spacial score (nSPS) is 10.7. The molecule has 0 spiro atoms. The number of nitrogens with one attached hydrogen (secondary N) is 1. The molecule has 0 radical (unpaired) electrons. The van der Waals surface area contributed by atoms with Crippen LogP contribution in [0.5, 0.6) is 0 Å². The second-order valence-electron chi connectivity index (χ2n) is 4.12. The minimum atomic E-state index is 0.808. The highest BCUT2D eigenvalue weighted by atomic mass is 15.1. The second-order valence-corrected chi connectivity index (χ2v) is 4.12. The van der Waals surface area contributed by atoms with Crippen molar-refractivity contribution in [3.8, 4) is 0 Å². The fourth-order valence-corrected chi connectivity index (χ4v) is 1.79. The summed E-state index contributed by atoms with van der Waals surface area (Å²) in [6, 6.07) is 2.16. The molecule has 2 aromatic heterocycles. The van der Waals surface area contributed by atoms with Gasteiger partial charge in [-0.15, -0.1) is 0 Å². The Hall–Kier alpha value is -1.68. The number of aryl methyl sites for hydroxylation is 1. The van der Waals surface area contributed by atoms with Crippen LogP contribution in [0.15, 0.2) is 30.9 Å². The molecule has 0 aliphatic carbocycles. The molecule has 0 bridgehead atoms. The number of pyridine rings is 1. The van der Waals surface area contributed by atoms with Crippen LogP contribution in [-0.4, -0.2) is 21.1 Å². The fourth-order valence-electron chi connectivity index (χ4n) is 1.79. The lowest BCUT2D eigenvalue weighted by molar-refractivity contribution is 0.638. The average molecular weight is 230 g/mol. The van der Waals surface area contributed by atoms with Crippen molar-refractivity contribution >= 4 is 0 Å². The number of nitrogens with zero attached hydrogens (tertiary/aromatic N) is 3. The van der Waals surface area contributed by atoms with E-state index in [4.69, 9.17) is 0 Å². The van der Waals surface area contributed by atoms with Gasteiger partial charge in [0, 0.05) is 24.8 Å². The molecule has 0 amide bonds. The van der Waals surface area contributed by atoms with E-state index in [1.165, 1.54) is 11.1 Å². The summed E-state index contributed by atoms with van der Waals surface area (Å²) >= 11 is 0. The summed E-state index contributed by atoms with van der Waals surface area (Å²) in [5.41, 5.74) is 2.40. The standard InChI is InChI=1S/C13H18N4/c1-3-14-9-13-16-4-5-17(13)10-12-6-11(2)7-15-8-12/h4-8,14H,3,9-10H2,1-2H3. The molecule has 17 heavy (non-hydrogen) atoms. The smallest absolute Gasteiger partial charge is 0.122 e. The highest BCUT2D eigenvalue weighted by molar-refractivity contribution is 5.17. The van der Waals surface area contributed by atoms with Crippen molar-refractivity contribution in [3.05, 3.63) is 47.8 Å². The minimum absolute atomic E-state index is 0.808. The van der Waals surface area contributed by atoms with Gasteiger partial charge in [-0.2, -0.15) is 0 Å². The average Bonchev–Trinajstić information content (AvgIpc) is 2.74. The van der Waals surface area contributed by atoms with E-state index >= 15 is 0 Å². The molecular formula is C13H18N4. The Morgan fingerprint density at radius 3 is 3.00 bits per heavy atom. The van der Waals surface area contributed by atoms with Gasteiger partial charge >= 0.3 is 0 Å². The van der Waals surface area contributed by atoms with E-state index in [-0.39, 0.29) is 0 Å². The molecule has 0 unspecified atom stereocenters. The summed E-state index contributed by atoms with van der Waals surface area (Å²) in [6.07, 6.45) is 7.63. The maximum Gasteiger partial charge on any atom is 0.122 e. The zero-order valence-corrected chi connectivity index (χ0v) is 10.3. The molecule has 2 rings (SSSR count). The second kappa shape index (κ2) is 5.59. The van der Waals surface area contributed by atoms with Crippen molar-refractivity contribution in [2.24, 2.45) is 0 Å². The molecule has 2 heterocycles. The lowest BCUT2D eigenvalue weighted by Gasteiger charge is -2.08. The summed E-state index contributed by atoms with van der Waals surface area (Å²) < 4.78 is 2.15. The first-order valence-corrected chi connectivity index (χ1v) is 5.91. The van der Waals surface area contributed by atoms with Crippen LogP contribution in [-0.2, 0) is 13.1 Å². The summed E-state index contributed by atoms with van der Waals surface area (Å²) in [5.74, 6) is 1.06. The third-order valence-corrected chi connectivity index (χ3v) is 2.62. The topological polar surface area (TPSA) is 42.7 Å². The van der Waals surface area contributed by atoms with Gasteiger partial charge in [0.2, 0.25) is 0 Å². The van der Waals surface area contributed by atoms with Gasteiger partial charge in [0.05, 0.1) is 13.1 Å². The molecule has 0 fully saturated rings. The molecule has 0 saturated carbocycles. The van der Waals surface area contributed by atoms with Crippen molar-refractivity contribution in [2.45, 2.75) is 26.9 Å². The van der Waals surface area contributed by atoms with Gasteiger partial charge in [0.1, 0.15) is 5.82 Å². The Labute approximate surface area is 102 Å². The molecule has 4 nitrogen and oxygen atoms in total. The van der Waals surface area contributed by atoms with E-state index in [1.54, 1.807) is 0 Å². The number of hydrogen-bond donors (Lipinski definition) is 1. The van der Waals surface area contributed by atoms with E-state index in [1.807, 2.05) is 24.8 Å². The molecule has 2 aromatic rings. The van der Waals surface area contributed by atoms with Crippen LogP contribution in [0, 0.1) is 6.92 Å². The zero-order valence-electron chi connectivity index (χ0n) is 10.3. The molecular weight excluding hydrogens is 212 g/mol. The Bertz CT molecular complexity index is 476. The van der Waals surface area contributed by atoms with Gasteiger partial charge in [-0.1, -0.05) is 13.0 Å². The molecule has 1 N–H and O–H groups in total. The number of rotatable bonds is 5. The molecule has 0 saturated heterocycles. The van der Waals surface area contributed by atoms with E-state index in [9.17, 15) is 0 Å². The quantitative estimate of drug-likeness (QED) is 0.851.